The van der Waals surface area contributed by atoms with Crippen LogP contribution < -0.4 is 10.5 Å². The average molecular weight is 484 g/mol. The lowest BCUT2D eigenvalue weighted by Gasteiger charge is -2.18. The lowest BCUT2D eigenvalue weighted by atomic mass is 10.1. The Bertz CT molecular complexity index is 1250. The van der Waals surface area contributed by atoms with Gasteiger partial charge >= 0.3 is 0 Å². The van der Waals surface area contributed by atoms with Gasteiger partial charge in [-0.05, 0) is 25.1 Å². The van der Waals surface area contributed by atoms with Crippen LogP contribution in [0.5, 0.6) is 5.75 Å². The lowest BCUT2D eigenvalue weighted by Crippen LogP contribution is -2.25. The first-order valence-corrected chi connectivity index (χ1v) is 10.7. The van der Waals surface area contributed by atoms with Crippen LogP contribution in [0.2, 0.25) is 10.0 Å². The zero-order chi connectivity index (χ0) is 23.7. The summed E-state index contributed by atoms with van der Waals surface area (Å²) in [5, 5.41) is 18.1. The number of fused-ring (bicyclic) bond motifs is 1. The molecule has 0 saturated carbocycles. The predicted molar refractivity (Wildman–Crippen MR) is 123 cm³/mol. The van der Waals surface area contributed by atoms with E-state index >= 15 is 0 Å². The van der Waals surface area contributed by atoms with Crippen molar-refractivity contribution in [2.24, 2.45) is 0 Å². The maximum absolute atomic E-state index is 11.9. The number of halogens is 2. The maximum Gasteiger partial charge on any atom is 0.237 e. The normalized spacial score (nSPS) is 13.3. The second kappa shape index (κ2) is 9.10. The van der Waals surface area contributed by atoms with Gasteiger partial charge < -0.3 is 20.4 Å². The van der Waals surface area contributed by atoms with Gasteiger partial charge in [0.15, 0.2) is 5.82 Å². The summed E-state index contributed by atoms with van der Waals surface area (Å²) in [6.07, 6.45) is 2.35. The number of pyridine rings is 1. The van der Waals surface area contributed by atoms with Crippen molar-refractivity contribution in [1.82, 2.24) is 19.9 Å². The minimum Gasteiger partial charge on any atom is -0.486 e. The Morgan fingerprint density at radius 2 is 2.09 bits per heavy atom. The molecule has 0 radical (unpaired) electrons. The zero-order valence-corrected chi connectivity index (χ0v) is 19.0. The van der Waals surface area contributed by atoms with Crippen LogP contribution in [0.4, 0.5) is 5.69 Å². The van der Waals surface area contributed by atoms with E-state index in [2.05, 4.69) is 15.0 Å². The zero-order valence-electron chi connectivity index (χ0n) is 17.5. The Morgan fingerprint density at radius 3 is 2.76 bits per heavy atom. The number of nitrogens with one attached hydrogen (secondary N) is 2. The Morgan fingerprint density at radius 1 is 1.36 bits per heavy atom. The number of ether oxygens (including phenoxy) is 1. The van der Waals surface area contributed by atoms with Crippen molar-refractivity contribution in [2.45, 2.75) is 32.5 Å². The molecule has 2 aromatic heterocycles. The summed E-state index contributed by atoms with van der Waals surface area (Å²) >= 11 is 12.5. The fraction of sp³-hybridized carbons (Fsp3) is 0.227. The van der Waals surface area contributed by atoms with E-state index in [0.717, 1.165) is 5.69 Å². The quantitative estimate of drug-likeness (QED) is 0.356. The van der Waals surface area contributed by atoms with Crippen LogP contribution in [0, 0.1) is 16.7 Å². The van der Waals surface area contributed by atoms with Gasteiger partial charge in [-0.2, -0.15) is 5.26 Å². The molecule has 1 atom stereocenters. The Hall–Kier alpha value is -3.61. The fourth-order valence-electron chi connectivity index (χ4n) is 3.63. The highest BCUT2D eigenvalue weighted by Gasteiger charge is 2.28. The van der Waals surface area contributed by atoms with Gasteiger partial charge in [-0.1, -0.05) is 23.2 Å². The Kier molecular flexibility index (Phi) is 6.22. The van der Waals surface area contributed by atoms with Crippen molar-refractivity contribution in [3.63, 3.8) is 0 Å². The minimum absolute atomic E-state index is 0.0925. The number of rotatable bonds is 6. The Balaban J connectivity index is 1.53. The van der Waals surface area contributed by atoms with Crippen LogP contribution in [-0.4, -0.2) is 31.5 Å². The molecule has 9 nitrogen and oxygen atoms in total. The molecule has 4 rings (SSSR count). The third-order valence-electron chi connectivity index (χ3n) is 5.28. The van der Waals surface area contributed by atoms with Gasteiger partial charge in [0.25, 0.3) is 0 Å². The van der Waals surface area contributed by atoms with Gasteiger partial charge in [0.2, 0.25) is 5.91 Å². The molecule has 4 N–H and O–H groups in total. The van der Waals surface area contributed by atoms with E-state index in [9.17, 15) is 4.79 Å². The van der Waals surface area contributed by atoms with E-state index < -0.39 is 6.10 Å². The van der Waals surface area contributed by atoms with Crippen molar-refractivity contribution in [2.75, 3.05) is 5.73 Å². The van der Waals surface area contributed by atoms with E-state index in [-0.39, 0.29) is 18.0 Å². The monoisotopic (exact) mass is 483 g/mol. The maximum atomic E-state index is 11.9. The molecular weight excluding hydrogens is 465 g/mol. The summed E-state index contributed by atoms with van der Waals surface area (Å²) in [6.45, 7) is 2.42. The number of aromatic amines is 1. The van der Waals surface area contributed by atoms with Crippen LogP contribution >= 0.6 is 23.2 Å². The third kappa shape index (κ3) is 4.49. The van der Waals surface area contributed by atoms with E-state index in [0.29, 0.717) is 57.2 Å². The molecule has 0 spiro atoms. The summed E-state index contributed by atoms with van der Waals surface area (Å²) in [7, 11) is 0. The second-order valence-corrected chi connectivity index (χ2v) is 8.31. The summed E-state index contributed by atoms with van der Waals surface area (Å²) in [4.78, 5) is 25.0. The van der Waals surface area contributed by atoms with Crippen molar-refractivity contribution in [1.29, 1.82) is 10.7 Å². The highest BCUT2D eigenvalue weighted by molar-refractivity contribution is 6.35. The van der Waals surface area contributed by atoms with Crippen LogP contribution in [0.1, 0.15) is 47.8 Å². The van der Waals surface area contributed by atoms with Crippen molar-refractivity contribution >= 4 is 40.5 Å². The number of nitrogens with zero attached hydrogens (tertiary/aromatic N) is 4. The molecule has 0 fully saturated rings. The molecule has 1 unspecified atom stereocenters. The molecule has 0 saturated heterocycles. The summed E-state index contributed by atoms with van der Waals surface area (Å²) in [5.74, 6) is 0.565. The first-order valence-electron chi connectivity index (χ1n) is 9.95. The van der Waals surface area contributed by atoms with Gasteiger partial charge in [0.05, 0.1) is 40.6 Å². The number of carbonyl (C=O) groups is 1. The molecule has 1 aliphatic heterocycles. The molecule has 11 heteroatoms. The first-order chi connectivity index (χ1) is 15.8. The van der Waals surface area contributed by atoms with Gasteiger partial charge in [0.1, 0.15) is 24.0 Å². The summed E-state index contributed by atoms with van der Waals surface area (Å²) in [6, 6.07) is 6.87. The number of H-pyrrole nitrogens is 1. The van der Waals surface area contributed by atoms with Crippen LogP contribution in [0.3, 0.4) is 0 Å². The highest BCUT2D eigenvalue weighted by Crippen LogP contribution is 2.33. The van der Waals surface area contributed by atoms with Crippen LogP contribution in [-0.2, 0) is 17.9 Å². The fourth-order valence-corrected chi connectivity index (χ4v) is 4.31. The summed E-state index contributed by atoms with van der Waals surface area (Å²) < 4.78 is 6.02. The van der Waals surface area contributed by atoms with E-state index in [1.165, 1.54) is 12.4 Å². The van der Waals surface area contributed by atoms with Gasteiger partial charge in [-0.15, -0.1) is 0 Å². The predicted octanol–water partition coefficient (Wildman–Crippen LogP) is 4.01. The molecule has 1 aromatic carbocycles. The number of aromatic nitrogens is 3. The average Bonchev–Trinajstić information content (AvgIpc) is 3.34. The highest BCUT2D eigenvalue weighted by atomic mass is 35.5. The number of amides is 1. The molecule has 0 bridgehead atoms. The number of nitriles is 1. The Labute approximate surface area is 199 Å². The topological polar surface area (TPSA) is 145 Å². The molecule has 1 aliphatic rings. The van der Waals surface area contributed by atoms with E-state index in [4.69, 9.17) is 44.3 Å². The number of carbonyl (C=O) groups excluding carboxylic acids is 1. The smallest absolute Gasteiger partial charge is 0.237 e. The van der Waals surface area contributed by atoms with E-state index in [1.807, 2.05) is 13.0 Å². The number of nitrogen functional groups attached to an aromatic ring is 1. The van der Waals surface area contributed by atoms with E-state index in [1.54, 1.807) is 23.1 Å². The van der Waals surface area contributed by atoms with Gasteiger partial charge in [0, 0.05) is 29.2 Å². The summed E-state index contributed by atoms with van der Waals surface area (Å²) in [5.41, 5.74) is 9.08. The molecular formula is C22H19Cl2N7O2. The van der Waals surface area contributed by atoms with Crippen molar-refractivity contribution in [3.8, 4) is 11.8 Å². The van der Waals surface area contributed by atoms with Gasteiger partial charge in [-0.25, -0.2) is 4.98 Å². The minimum atomic E-state index is -0.469. The van der Waals surface area contributed by atoms with Crippen LogP contribution in [0.15, 0.2) is 30.6 Å². The molecule has 0 aliphatic carbocycles. The number of benzene rings is 1. The van der Waals surface area contributed by atoms with Gasteiger partial charge in [-0.3, -0.25) is 15.2 Å². The number of hydrogen-bond donors (Lipinski definition) is 3. The first kappa shape index (κ1) is 22.6. The second-order valence-electron chi connectivity index (χ2n) is 7.50. The molecule has 33 heavy (non-hydrogen) atoms. The molecule has 168 valence electrons. The third-order valence-corrected chi connectivity index (χ3v) is 5.88. The number of imidazole rings is 1. The standard InChI is InChI=1S/C22H19Cl2N7O2/c1-11(20-14(23)7-28-8-15(20)24)33-12-2-3-16(26)13(6-12)21(27)22-29-17-9-31(10-18(17)30-22)19(32)4-5-25/h2-3,6-8,11,27H,4,9-10,26H2,1H3,(H,29,30). The number of hydrogen-bond acceptors (Lipinski definition) is 7. The number of nitrogens with two attached hydrogens (primary N) is 1. The van der Waals surface area contributed by atoms with Crippen molar-refractivity contribution < 1.29 is 9.53 Å². The molecule has 3 heterocycles. The number of anilines is 1. The largest absolute Gasteiger partial charge is 0.486 e. The van der Waals surface area contributed by atoms with Crippen molar-refractivity contribution in [3.05, 3.63) is 69.0 Å². The molecule has 3 aromatic rings. The lowest BCUT2D eigenvalue weighted by molar-refractivity contribution is -0.130. The SMILES string of the molecule is CC(Oc1ccc(N)c(C(=N)c2nc3c([nH]2)CN(C(=O)CC#N)C3)c1)c1c(Cl)cncc1Cl. The van der Waals surface area contributed by atoms with Crippen LogP contribution in [0.25, 0.3) is 0 Å². The molecule has 1 amide bonds.